The summed E-state index contributed by atoms with van der Waals surface area (Å²) in [4.78, 5) is 28.5. The maximum Gasteiger partial charge on any atom is 0.243 e. The number of carbonyl (C=O) groups excluding carboxylic acids is 2. The lowest BCUT2D eigenvalue weighted by Gasteiger charge is -2.32. The Morgan fingerprint density at radius 3 is 2.03 bits per heavy atom. The number of benzene rings is 3. The molecule has 0 unspecified atom stereocenters. The fourth-order valence-corrected chi connectivity index (χ4v) is 5.46. The van der Waals surface area contributed by atoms with Crippen LogP contribution in [0.15, 0.2) is 78.9 Å². The quantitative estimate of drug-likeness (QED) is 0.292. The minimum atomic E-state index is -3.59. The molecule has 208 valence electrons. The molecule has 2 amide bonds. The van der Waals surface area contributed by atoms with Crippen LogP contribution >= 0.6 is 23.2 Å². The largest absolute Gasteiger partial charge is 0.355 e. The van der Waals surface area contributed by atoms with E-state index >= 15 is 0 Å². The molecule has 39 heavy (non-hydrogen) atoms. The first kappa shape index (κ1) is 30.5. The third-order valence-electron chi connectivity index (χ3n) is 6.16. The minimum absolute atomic E-state index is 0.0535. The van der Waals surface area contributed by atoms with Crippen molar-refractivity contribution in [3.63, 3.8) is 0 Å². The van der Waals surface area contributed by atoms with Crippen LogP contribution in [0.2, 0.25) is 10.0 Å². The Morgan fingerprint density at radius 2 is 1.46 bits per heavy atom. The Hall–Kier alpha value is -3.07. The summed E-state index contributed by atoms with van der Waals surface area (Å²) in [7, 11) is -3.59. The second-order valence-corrected chi connectivity index (χ2v) is 11.9. The zero-order chi connectivity index (χ0) is 28.4. The average Bonchev–Trinajstić information content (AvgIpc) is 2.90. The summed E-state index contributed by atoms with van der Waals surface area (Å²) < 4.78 is 26.3. The number of sulfonamides is 1. The van der Waals surface area contributed by atoms with Crippen molar-refractivity contribution in [3.05, 3.63) is 100 Å². The number of amides is 2. The van der Waals surface area contributed by atoms with Gasteiger partial charge in [-0.25, -0.2) is 8.42 Å². The minimum Gasteiger partial charge on any atom is -0.355 e. The lowest BCUT2D eigenvalue weighted by molar-refractivity contribution is -0.141. The normalized spacial score (nSPS) is 12.0. The maximum absolute atomic E-state index is 13.7. The molecule has 0 aromatic heterocycles. The van der Waals surface area contributed by atoms with Gasteiger partial charge in [-0.1, -0.05) is 65.7 Å². The van der Waals surface area contributed by atoms with Crippen LogP contribution in [0.25, 0.3) is 0 Å². The number of halogens is 2. The van der Waals surface area contributed by atoms with Crippen molar-refractivity contribution >= 4 is 50.7 Å². The molecule has 0 spiro atoms. The van der Waals surface area contributed by atoms with Crippen molar-refractivity contribution < 1.29 is 18.0 Å². The van der Waals surface area contributed by atoms with E-state index in [-0.39, 0.29) is 37.7 Å². The maximum atomic E-state index is 13.7. The number of carbonyl (C=O) groups is 2. The number of nitrogens with zero attached hydrogens (tertiary/aromatic N) is 2. The molecule has 0 saturated carbocycles. The van der Waals surface area contributed by atoms with E-state index in [1.165, 1.54) is 4.31 Å². The van der Waals surface area contributed by atoms with Gasteiger partial charge >= 0.3 is 0 Å². The summed E-state index contributed by atoms with van der Waals surface area (Å²) in [5.41, 5.74) is 2.22. The highest BCUT2D eigenvalue weighted by molar-refractivity contribution is 7.92. The van der Waals surface area contributed by atoms with E-state index < -0.39 is 16.1 Å². The molecule has 0 aliphatic rings. The van der Waals surface area contributed by atoms with Gasteiger partial charge in [-0.15, -0.1) is 0 Å². The highest BCUT2D eigenvalue weighted by Crippen LogP contribution is 2.22. The molecule has 10 heteroatoms. The SMILES string of the molecule is CCNC(=O)[C@H](Cc1ccccc1)N(Cc1ccc(Cl)cc1)C(=O)CCCN(c1ccc(Cl)cc1)S(C)(=O)=O. The average molecular weight is 591 g/mol. The van der Waals surface area contributed by atoms with Crippen molar-refractivity contribution in [2.75, 3.05) is 23.7 Å². The van der Waals surface area contributed by atoms with E-state index in [4.69, 9.17) is 23.2 Å². The molecule has 0 fully saturated rings. The van der Waals surface area contributed by atoms with E-state index in [0.717, 1.165) is 17.4 Å². The van der Waals surface area contributed by atoms with Gasteiger partial charge in [-0.3, -0.25) is 13.9 Å². The lowest BCUT2D eigenvalue weighted by Crippen LogP contribution is -2.50. The van der Waals surface area contributed by atoms with Crippen LogP contribution in [0.3, 0.4) is 0 Å². The topological polar surface area (TPSA) is 86.8 Å². The Bertz CT molecular complexity index is 1340. The predicted octanol–water partition coefficient (Wildman–Crippen LogP) is 5.32. The van der Waals surface area contributed by atoms with Gasteiger partial charge in [0.15, 0.2) is 0 Å². The van der Waals surface area contributed by atoms with Gasteiger partial charge in [0.05, 0.1) is 11.9 Å². The zero-order valence-corrected chi connectivity index (χ0v) is 24.3. The molecular weight excluding hydrogens is 557 g/mol. The summed E-state index contributed by atoms with van der Waals surface area (Å²) >= 11 is 12.0. The number of anilines is 1. The van der Waals surface area contributed by atoms with Crippen molar-refractivity contribution in [1.82, 2.24) is 10.2 Å². The predicted molar refractivity (Wildman–Crippen MR) is 157 cm³/mol. The molecule has 0 aliphatic heterocycles. The van der Waals surface area contributed by atoms with E-state index in [2.05, 4.69) is 5.32 Å². The summed E-state index contributed by atoms with van der Waals surface area (Å²) in [6.07, 6.45) is 1.78. The van der Waals surface area contributed by atoms with Crippen molar-refractivity contribution in [2.45, 2.75) is 38.8 Å². The Kier molecular flexibility index (Phi) is 11.2. The molecule has 0 aliphatic carbocycles. The molecular formula is C29H33Cl2N3O4S. The standard InChI is InChI=1S/C29H33Cl2N3O4S/c1-3-32-29(36)27(20-22-8-5-4-6-9-22)33(21-23-11-13-24(30)14-12-23)28(35)10-7-19-34(39(2,37)38)26-17-15-25(31)16-18-26/h4-6,8-9,11-18,27H,3,7,10,19-21H2,1-2H3,(H,32,36)/t27-/m0/s1. The van der Waals surface area contributed by atoms with E-state index in [9.17, 15) is 18.0 Å². The number of nitrogens with one attached hydrogen (secondary N) is 1. The van der Waals surface area contributed by atoms with Crippen LogP contribution in [0, 0.1) is 0 Å². The van der Waals surface area contributed by atoms with Crippen LogP contribution in [0.5, 0.6) is 0 Å². The lowest BCUT2D eigenvalue weighted by atomic mass is 10.0. The molecule has 0 heterocycles. The highest BCUT2D eigenvalue weighted by Gasteiger charge is 2.30. The monoisotopic (exact) mass is 589 g/mol. The highest BCUT2D eigenvalue weighted by atomic mass is 35.5. The van der Waals surface area contributed by atoms with E-state index in [1.807, 2.05) is 49.4 Å². The number of hydrogen-bond acceptors (Lipinski definition) is 4. The molecule has 1 atom stereocenters. The van der Waals surface area contributed by atoms with E-state index in [0.29, 0.717) is 28.7 Å². The van der Waals surface area contributed by atoms with Crippen molar-refractivity contribution in [1.29, 1.82) is 0 Å². The summed E-state index contributed by atoms with van der Waals surface area (Å²) in [5.74, 6) is -0.496. The van der Waals surface area contributed by atoms with Crippen molar-refractivity contribution in [2.24, 2.45) is 0 Å². The van der Waals surface area contributed by atoms with Gasteiger partial charge in [-0.05, 0) is 60.9 Å². The zero-order valence-electron chi connectivity index (χ0n) is 22.0. The molecule has 0 bridgehead atoms. The van der Waals surface area contributed by atoms with Crippen LogP contribution in [-0.2, 0) is 32.6 Å². The fraction of sp³-hybridized carbons (Fsp3) is 0.310. The third kappa shape index (κ3) is 9.27. The van der Waals surface area contributed by atoms with Gasteiger partial charge in [0, 0.05) is 42.5 Å². The fourth-order valence-electron chi connectivity index (χ4n) is 4.24. The van der Waals surface area contributed by atoms with Crippen LogP contribution < -0.4 is 9.62 Å². The molecule has 3 aromatic carbocycles. The first-order chi connectivity index (χ1) is 18.6. The van der Waals surface area contributed by atoms with Gasteiger partial charge in [0.2, 0.25) is 21.8 Å². The van der Waals surface area contributed by atoms with Gasteiger partial charge < -0.3 is 10.2 Å². The molecule has 3 rings (SSSR count). The molecule has 7 nitrogen and oxygen atoms in total. The Balaban J connectivity index is 1.85. The smallest absolute Gasteiger partial charge is 0.243 e. The van der Waals surface area contributed by atoms with E-state index in [1.54, 1.807) is 41.3 Å². The number of rotatable bonds is 13. The second-order valence-electron chi connectivity index (χ2n) is 9.16. The van der Waals surface area contributed by atoms with Gasteiger partial charge in [0.1, 0.15) is 6.04 Å². The van der Waals surface area contributed by atoms with Crippen molar-refractivity contribution in [3.8, 4) is 0 Å². The Labute approximate surface area is 240 Å². The third-order valence-corrected chi connectivity index (χ3v) is 7.85. The Morgan fingerprint density at radius 1 is 0.872 bits per heavy atom. The van der Waals surface area contributed by atoms with Gasteiger partial charge in [-0.2, -0.15) is 0 Å². The van der Waals surface area contributed by atoms with Crippen LogP contribution in [0.4, 0.5) is 5.69 Å². The summed E-state index contributed by atoms with van der Waals surface area (Å²) in [6, 6.07) is 22.4. The first-order valence-electron chi connectivity index (χ1n) is 12.7. The number of hydrogen-bond donors (Lipinski definition) is 1. The molecule has 3 aromatic rings. The molecule has 1 N–H and O–H groups in total. The van der Waals surface area contributed by atoms with Crippen LogP contribution in [0.1, 0.15) is 30.9 Å². The second kappa shape index (κ2) is 14.4. The molecule has 0 saturated heterocycles. The first-order valence-corrected chi connectivity index (χ1v) is 15.3. The summed E-state index contributed by atoms with van der Waals surface area (Å²) in [6.45, 7) is 2.57. The van der Waals surface area contributed by atoms with Gasteiger partial charge in [0.25, 0.3) is 0 Å². The molecule has 0 radical (unpaired) electrons. The van der Waals surface area contributed by atoms with Crippen LogP contribution in [-0.4, -0.2) is 50.5 Å². The summed E-state index contributed by atoms with van der Waals surface area (Å²) in [5, 5.41) is 3.93. The number of likely N-dealkylation sites (N-methyl/N-ethyl adjacent to an activating group) is 1.